The molecule has 2 heterocycles. The van der Waals surface area contributed by atoms with Crippen LogP contribution in [0.15, 0.2) is 144 Å². The summed E-state index contributed by atoms with van der Waals surface area (Å²) >= 11 is 0. The van der Waals surface area contributed by atoms with Crippen LogP contribution in [0.3, 0.4) is 0 Å². The molecule has 9 aromatic rings. The minimum Gasteiger partial charge on any atom is -0.454 e. The molecule has 10 rings (SSSR count). The summed E-state index contributed by atoms with van der Waals surface area (Å²) in [5.41, 5.74) is 10.3. The molecule has 0 amide bonds. The van der Waals surface area contributed by atoms with Gasteiger partial charge in [-0.2, -0.15) is 10.5 Å². The Hall–Kier alpha value is -6.88. The van der Waals surface area contributed by atoms with Crippen LogP contribution in [0.5, 0.6) is 0 Å². The largest absolute Gasteiger partial charge is 0.454 e. The van der Waals surface area contributed by atoms with E-state index in [1.807, 2.05) is 54.6 Å². The quantitative estimate of drug-likeness (QED) is 0.181. The number of hydrogen-bond donors (Lipinski definition) is 0. The normalized spacial score (nSPS) is 13.0. The molecule has 1 aliphatic carbocycles. The highest BCUT2D eigenvalue weighted by Gasteiger charge is 2.22. The molecule has 0 radical (unpaired) electrons. The third-order valence-electron chi connectivity index (χ3n) is 10.3. The lowest BCUT2D eigenvalue weighted by Gasteiger charge is -2.17. The minimum atomic E-state index is 0.606. The lowest BCUT2D eigenvalue weighted by molar-refractivity contribution is 0.671. The molecule has 4 heteroatoms. The molecule has 0 aliphatic heterocycles. The Bertz CT molecular complexity index is 3060. The SMILES string of the molecule is N#Cc1ccc2c(-c3c(C#N)cccc3-c3ccc4c(c3)c3ccc5c6ccccc6oc5c3n4C3=CC=CCC3)cc3ccccc3c2c1. The molecule has 0 spiro atoms. The van der Waals surface area contributed by atoms with E-state index in [0.717, 1.165) is 100 Å². The van der Waals surface area contributed by atoms with Gasteiger partial charge in [-0.05, 0) is 106 Å². The Labute approximate surface area is 287 Å². The smallest absolute Gasteiger partial charge is 0.160 e. The van der Waals surface area contributed by atoms with Crippen molar-refractivity contribution >= 4 is 71.0 Å². The average Bonchev–Trinajstić information content (AvgIpc) is 3.73. The zero-order chi connectivity index (χ0) is 33.3. The van der Waals surface area contributed by atoms with Crippen molar-refractivity contribution in [2.24, 2.45) is 0 Å². The summed E-state index contributed by atoms with van der Waals surface area (Å²) in [6.07, 6.45) is 8.50. The van der Waals surface area contributed by atoms with Crippen molar-refractivity contribution in [3.8, 4) is 34.4 Å². The maximum atomic E-state index is 10.5. The molecule has 0 N–H and O–H groups in total. The van der Waals surface area contributed by atoms with Gasteiger partial charge in [0, 0.05) is 32.8 Å². The first-order chi connectivity index (χ1) is 24.7. The number of aromatic nitrogens is 1. The van der Waals surface area contributed by atoms with E-state index in [0.29, 0.717) is 11.1 Å². The van der Waals surface area contributed by atoms with Gasteiger partial charge in [0.2, 0.25) is 0 Å². The van der Waals surface area contributed by atoms with Crippen molar-refractivity contribution in [2.45, 2.75) is 12.8 Å². The van der Waals surface area contributed by atoms with Gasteiger partial charge < -0.3 is 8.98 Å². The van der Waals surface area contributed by atoms with E-state index in [1.54, 1.807) is 0 Å². The number of furan rings is 1. The second-order valence-electron chi connectivity index (χ2n) is 13.0. The highest BCUT2D eigenvalue weighted by Crippen LogP contribution is 2.45. The van der Waals surface area contributed by atoms with Crippen molar-refractivity contribution in [1.29, 1.82) is 10.5 Å². The Morgan fingerprint density at radius 1 is 0.620 bits per heavy atom. The first-order valence-electron chi connectivity index (χ1n) is 16.9. The van der Waals surface area contributed by atoms with E-state index in [1.165, 1.54) is 5.70 Å². The second-order valence-corrected chi connectivity index (χ2v) is 13.0. The van der Waals surface area contributed by atoms with Crippen LogP contribution in [0.4, 0.5) is 0 Å². The summed E-state index contributed by atoms with van der Waals surface area (Å²) in [7, 11) is 0. The van der Waals surface area contributed by atoms with Crippen LogP contribution < -0.4 is 0 Å². The summed E-state index contributed by atoms with van der Waals surface area (Å²) in [4.78, 5) is 0. The second kappa shape index (κ2) is 10.8. The topological polar surface area (TPSA) is 65.7 Å². The van der Waals surface area contributed by atoms with Gasteiger partial charge in [-0.15, -0.1) is 0 Å². The summed E-state index contributed by atoms with van der Waals surface area (Å²) < 4.78 is 9.01. The number of benzene rings is 7. The molecule has 0 fully saturated rings. The molecule has 7 aromatic carbocycles. The van der Waals surface area contributed by atoms with Crippen LogP contribution in [0.1, 0.15) is 24.0 Å². The number of allylic oxidation sites excluding steroid dienone is 4. The van der Waals surface area contributed by atoms with Crippen LogP contribution in [-0.2, 0) is 0 Å². The van der Waals surface area contributed by atoms with Gasteiger partial charge in [0.15, 0.2) is 5.58 Å². The van der Waals surface area contributed by atoms with Crippen molar-refractivity contribution in [3.05, 3.63) is 151 Å². The number of fused-ring (bicyclic) bond motifs is 10. The van der Waals surface area contributed by atoms with Gasteiger partial charge in [0.1, 0.15) is 5.58 Å². The molecular formula is C46H27N3O. The first kappa shape index (κ1) is 28.2. The average molecular weight is 638 g/mol. The predicted molar refractivity (Wildman–Crippen MR) is 205 cm³/mol. The molecule has 50 heavy (non-hydrogen) atoms. The summed E-state index contributed by atoms with van der Waals surface area (Å²) in [5.74, 6) is 0. The van der Waals surface area contributed by atoms with Crippen LogP contribution in [-0.4, -0.2) is 4.57 Å². The number of nitrogens with zero attached hydrogens (tertiary/aromatic N) is 3. The van der Waals surface area contributed by atoms with Crippen molar-refractivity contribution in [2.75, 3.05) is 0 Å². The fourth-order valence-electron chi connectivity index (χ4n) is 8.08. The third kappa shape index (κ3) is 4.03. The minimum absolute atomic E-state index is 0.606. The lowest BCUT2D eigenvalue weighted by Crippen LogP contribution is -1.99. The Morgan fingerprint density at radius 3 is 2.32 bits per heavy atom. The summed E-state index contributed by atoms with van der Waals surface area (Å²) in [6, 6.07) is 46.4. The number of nitriles is 2. The van der Waals surface area contributed by atoms with Gasteiger partial charge in [-0.3, -0.25) is 0 Å². The maximum absolute atomic E-state index is 10.5. The van der Waals surface area contributed by atoms with Gasteiger partial charge in [0.05, 0.1) is 34.3 Å². The zero-order valence-electron chi connectivity index (χ0n) is 26.9. The van der Waals surface area contributed by atoms with Crippen LogP contribution in [0, 0.1) is 22.7 Å². The molecule has 0 unspecified atom stereocenters. The molecule has 1 aliphatic rings. The number of hydrogen-bond acceptors (Lipinski definition) is 3. The Balaban J connectivity index is 1.28. The molecular weight excluding hydrogens is 611 g/mol. The molecule has 4 nitrogen and oxygen atoms in total. The summed E-state index contributed by atoms with van der Waals surface area (Å²) in [5, 5.41) is 28.9. The fourth-order valence-corrected chi connectivity index (χ4v) is 8.08. The molecule has 0 saturated heterocycles. The maximum Gasteiger partial charge on any atom is 0.160 e. The van der Waals surface area contributed by atoms with Crippen molar-refractivity contribution < 1.29 is 4.42 Å². The highest BCUT2D eigenvalue weighted by atomic mass is 16.3. The lowest BCUT2D eigenvalue weighted by atomic mass is 9.86. The van der Waals surface area contributed by atoms with Crippen LogP contribution >= 0.6 is 0 Å². The van der Waals surface area contributed by atoms with Gasteiger partial charge in [-0.1, -0.05) is 84.9 Å². The third-order valence-corrected chi connectivity index (χ3v) is 10.3. The first-order valence-corrected chi connectivity index (χ1v) is 16.9. The van der Waals surface area contributed by atoms with Crippen LogP contribution in [0.25, 0.3) is 93.2 Å². The molecule has 0 bridgehead atoms. The van der Waals surface area contributed by atoms with Crippen molar-refractivity contribution in [1.82, 2.24) is 4.57 Å². The monoisotopic (exact) mass is 637 g/mol. The molecule has 2 aromatic heterocycles. The van der Waals surface area contributed by atoms with E-state index in [4.69, 9.17) is 4.42 Å². The summed E-state index contributed by atoms with van der Waals surface area (Å²) in [6.45, 7) is 0. The number of rotatable bonds is 3. The standard InChI is InChI=1S/C46H27N3O/c47-26-28-17-19-35-39(23-28)33-13-5-4-9-29(33)25-41(35)44-31(27-48)10-8-15-34(44)30-18-22-42-40(24-30)37-20-21-38-36-14-6-7-16-43(36)50-46(38)45(37)49(42)32-11-2-1-3-12-32/h1-2,4-11,13-25H,3,12H2. The Morgan fingerprint density at radius 2 is 1.46 bits per heavy atom. The van der Waals surface area contributed by atoms with Gasteiger partial charge in [-0.25, -0.2) is 0 Å². The van der Waals surface area contributed by atoms with Gasteiger partial charge in [0.25, 0.3) is 0 Å². The van der Waals surface area contributed by atoms with E-state index in [9.17, 15) is 10.5 Å². The fraction of sp³-hybridized carbons (Fsp3) is 0.0435. The Kier molecular flexibility index (Phi) is 6.10. The van der Waals surface area contributed by atoms with Crippen LogP contribution in [0.2, 0.25) is 0 Å². The number of para-hydroxylation sites is 1. The van der Waals surface area contributed by atoms with Gasteiger partial charge >= 0.3 is 0 Å². The zero-order valence-corrected chi connectivity index (χ0v) is 26.9. The molecule has 232 valence electrons. The predicted octanol–water partition coefficient (Wildman–Crippen LogP) is 12.3. The molecule has 0 atom stereocenters. The van der Waals surface area contributed by atoms with Crippen molar-refractivity contribution in [3.63, 3.8) is 0 Å². The highest BCUT2D eigenvalue weighted by molar-refractivity contribution is 6.23. The molecule has 0 saturated carbocycles. The van der Waals surface area contributed by atoms with E-state index >= 15 is 0 Å². The van der Waals surface area contributed by atoms with E-state index in [2.05, 4.69) is 102 Å². The van der Waals surface area contributed by atoms with E-state index in [-0.39, 0.29) is 0 Å². The van der Waals surface area contributed by atoms with E-state index < -0.39 is 0 Å².